The predicted molar refractivity (Wildman–Crippen MR) is 52.6 cm³/mol. The van der Waals surface area contributed by atoms with Gasteiger partial charge in [-0.15, -0.1) is 11.3 Å². The summed E-state index contributed by atoms with van der Waals surface area (Å²) < 4.78 is 1.04. The molecule has 0 fully saturated rings. The number of nitrogen functional groups attached to an aromatic ring is 1. The van der Waals surface area contributed by atoms with Gasteiger partial charge in [-0.1, -0.05) is 11.6 Å². The molecule has 0 saturated carbocycles. The lowest BCUT2D eigenvalue weighted by Crippen LogP contribution is -1.76. The first kappa shape index (κ1) is 7.43. The number of aromatic hydroxyl groups is 1. The Bertz CT molecular complexity index is 433. The standard InChI is InChI=1S/C9H9NOS/c1-5-2-3-7-6(4-5)8(11)9(10)12-7/h2-4,11H,10H2,1H3. The fraction of sp³-hybridized carbons (Fsp3) is 0.111. The van der Waals surface area contributed by atoms with Crippen molar-refractivity contribution in [3.8, 4) is 5.75 Å². The smallest absolute Gasteiger partial charge is 0.157 e. The first-order chi connectivity index (χ1) is 5.68. The predicted octanol–water partition coefficient (Wildman–Crippen LogP) is 2.50. The molecule has 0 amide bonds. The van der Waals surface area contributed by atoms with Gasteiger partial charge in [0.2, 0.25) is 0 Å². The third-order valence-electron chi connectivity index (χ3n) is 1.84. The van der Waals surface area contributed by atoms with Crippen LogP contribution in [0.15, 0.2) is 18.2 Å². The largest absolute Gasteiger partial charge is 0.504 e. The highest BCUT2D eigenvalue weighted by molar-refractivity contribution is 7.23. The van der Waals surface area contributed by atoms with Crippen molar-refractivity contribution in [3.63, 3.8) is 0 Å². The molecule has 0 aliphatic carbocycles. The average Bonchev–Trinajstić information content (AvgIpc) is 2.31. The summed E-state index contributed by atoms with van der Waals surface area (Å²) in [5, 5.41) is 10.9. The van der Waals surface area contributed by atoms with Crippen LogP contribution in [0.5, 0.6) is 5.75 Å². The van der Waals surface area contributed by atoms with Crippen LogP contribution in [0.1, 0.15) is 5.56 Å². The van der Waals surface area contributed by atoms with E-state index in [0.29, 0.717) is 5.00 Å². The zero-order chi connectivity index (χ0) is 8.72. The maximum Gasteiger partial charge on any atom is 0.157 e. The van der Waals surface area contributed by atoms with Crippen LogP contribution in [0.25, 0.3) is 10.1 Å². The van der Waals surface area contributed by atoms with E-state index in [9.17, 15) is 5.11 Å². The third kappa shape index (κ3) is 0.940. The van der Waals surface area contributed by atoms with Crippen LogP contribution >= 0.6 is 11.3 Å². The summed E-state index contributed by atoms with van der Waals surface area (Å²) in [6, 6.07) is 5.93. The summed E-state index contributed by atoms with van der Waals surface area (Å²) in [6.07, 6.45) is 0. The topological polar surface area (TPSA) is 46.2 Å². The summed E-state index contributed by atoms with van der Waals surface area (Å²) in [7, 11) is 0. The zero-order valence-electron chi connectivity index (χ0n) is 6.66. The number of rotatable bonds is 0. The summed E-state index contributed by atoms with van der Waals surface area (Å²) in [5.41, 5.74) is 6.71. The van der Waals surface area contributed by atoms with Gasteiger partial charge < -0.3 is 10.8 Å². The molecule has 1 heterocycles. The van der Waals surface area contributed by atoms with Crippen LogP contribution in [-0.2, 0) is 0 Å². The highest BCUT2D eigenvalue weighted by atomic mass is 32.1. The number of thiophene rings is 1. The van der Waals surface area contributed by atoms with Crippen LogP contribution < -0.4 is 5.73 Å². The molecule has 12 heavy (non-hydrogen) atoms. The molecule has 2 aromatic rings. The number of benzene rings is 1. The third-order valence-corrected chi connectivity index (χ3v) is 2.83. The van der Waals surface area contributed by atoms with Crippen LogP contribution in [0.3, 0.4) is 0 Å². The number of hydrogen-bond donors (Lipinski definition) is 2. The summed E-state index contributed by atoms with van der Waals surface area (Å²) in [6.45, 7) is 1.99. The van der Waals surface area contributed by atoms with E-state index < -0.39 is 0 Å². The second kappa shape index (κ2) is 2.38. The van der Waals surface area contributed by atoms with Crippen molar-refractivity contribution in [2.45, 2.75) is 6.92 Å². The average molecular weight is 179 g/mol. The lowest BCUT2D eigenvalue weighted by atomic mass is 10.2. The molecule has 3 N–H and O–H groups in total. The highest BCUT2D eigenvalue weighted by Gasteiger charge is 2.07. The van der Waals surface area contributed by atoms with Crippen LogP contribution in [-0.4, -0.2) is 5.11 Å². The minimum Gasteiger partial charge on any atom is -0.504 e. The van der Waals surface area contributed by atoms with E-state index in [1.807, 2.05) is 25.1 Å². The van der Waals surface area contributed by atoms with Gasteiger partial charge in [0.1, 0.15) is 5.00 Å². The molecule has 0 aliphatic rings. The number of nitrogens with two attached hydrogens (primary N) is 1. The van der Waals surface area contributed by atoms with Crippen molar-refractivity contribution >= 4 is 26.4 Å². The molecule has 0 bridgehead atoms. The van der Waals surface area contributed by atoms with Crippen molar-refractivity contribution in [2.24, 2.45) is 0 Å². The second-order valence-electron chi connectivity index (χ2n) is 2.81. The van der Waals surface area contributed by atoms with Gasteiger partial charge in [0.25, 0.3) is 0 Å². The van der Waals surface area contributed by atoms with Crippen molar-refractivity contribution in [3.05, 3.63) is 23.8 Å². The molecule has 2 rings (SSSR count). The van der Waals surface area contributed by atoms with Crippen molar-refractivity contribution in [1.82, 2.24) is 0 Å². The van der Waals surface area contributed by atoms with Gasteiger partial charge in [0.15, 0.2) is 5.75 Å². The normalized spacial score (nSPS) is 10.8. The van der Waals surface area contributed by atoms with Crippen LogP contribution in [0.4, 0.5) is 5.00 Å². The van der Waals surface area contributed by atoms with E-state index in [2.05, 4.69) is 0 Å². The maximum atomic E-state index is 9.51. The molecule has 1 aromatic heterocycles. The van der Waals surface area contributed by atoms with E-state index in [-0.39, 0.29) is 5.75 Å². The summed E-state index contributed by atoms with van der Waals surface area (Å²) in [4.78, 5) is 0. The lowest BCUT2D eigenvalue weighted by molar-refractivity contribution is 0.486. The molecule has 0 radical (unpaired) electrons. The molecule has 0 spiro atoms. The lowest BCUT2D eigenvalue weighted by Gasteiger charge is -1.92. The molecule has 3 heteroatoms. The number of aryl methyl sites for hydroxylation is 1. The SMILES string of the molecule is Cc1ccc2sc(N)c(O)c2c1. The first-order valence-corrected chi connectivity index (χ1v) is 4.48. The van der Waals surface area contributed by atoms with Gasteiger partial charge in [0.05, 0.1) is 0 Å². The maximum absolute atomic E-state index is 9.51. The quantitative estimate of drug-likeness (QED) is 0.652. The molecule has 62 valence electrons. The van der Waals surface area contributed by atoms with Crippen LogP contribution in [0.2, 0.25) is 0 Å². The molecule has 2 nitrogen and oxygen atoms in total. The summed E-state index contributed by atoms with van der Waals surface area (Å²) in [5.74, 6) is 0.221. The fourth-order valence-corrected chi connectivity index (χ4v) is 2.06. The minimum absolute atomic E-state index is 0.221. The van der Waals surface area contributed by atoms with E-state index in [4.69, 9.17) is 5.73 Å². The van der Waals surface area contributed by atoms with Gasteiger partial charge in [-0.25, -0.2) is 0 Å². The van der Waals surface area contributed by atoms with E-state index in [1.54, 1.807) is 0 Å². The Hall–Kier alpha value is -1.22. The highest BCUT2D eigenvalue weighted by Crippen LogP contribution is 2.39. The number of anilines is 1. The molecule has 1 aromatic carbocycles. The number of hydrogen-bond acceptors (Lipinski definition) is 3. The van der Waals surface area contributed by atoms with E-state index in [1.165, 1.54) is 11.3 Å². The Labute approximate surface area is 74.3 Å². The Balaban J connectivity index is 2.88. The van der Waals surface area contributed by atoms with Crippen molar-refractivity contribution < 1.29 is 5.11 Å². The molecule has 0 atom stereocenters. The Morgan fingerprint density at radius 2 is 2.17 bits per heavy atom. The van der Waals surface area contributed by atoms with Crippen molar-refractivity contribution in [1.29, 1.82) is 0 Å². The first-order valence-electron chi connectivity index (χ1n) is 3.66. The number of fused-ring (bicyclic) bond motifs is 1. The van der Waals surface area contributed by atoms with Gasteiger partial charge in [-0.3, -0.25) is 0 Å². The molecular weight excluding hydrogens is 170 g/mol. The molecule has 0 aliphatic heterocycles. The Morgan fingerprint density at radius 1 is 1.42 bits per heavy atom. The zero-order valence-corrected chi connectivity index (χ0v) is 7.48. The van der Waals surface area contributed by atoms with E-state index >= 15 is 0 Å². The van der Waals surface area contributed by atoms with E-state index in [0.717, 1.165) is 15.6 Å². The van der Waals surface area contributed by atoms with Gasteiger partial charge in [-0.05, 0) is 19.1 Å². The van der Waals surface area contributed by atoms with Gasteiger partial charge in [-0.2, -0.15) is 0 Å². The molecule has 0 saturated heterocycles. The molecular formula is C9H9NOS. The van der Waals surface area contributed by atoms with Crippen molar-refractivity contribution in [2.75, 3.05) is 5.73 Å². The fourth-order valence-electron chi connectivity index (χ4n) is 1.22. The minimum atomic E-state index is 0.221. The monoisotopic (exact) mass is 179 g/mol. The van der Waals surface area contributed by atoms with Gasteiger partial charge >= 0.3 is 0 Å². The molecule has 0 unspecified atom stereocenters. The summed E-state index contributed by atoms with van der Waals surface area (Å²) >= 11 is 1.42. The Morgan fingerprint density at radius 3 is 2.92 bits per heavy atom. The Kier molecular flexibility index (Phi) is 1.48. The second-order valence-corrected chi connectivity index (χ2v) is 3.90. The van der Waals surface area contributed by atoms with Crippen LogP contribution in [0, 0.1) is 6.92 Å². The van der Waals surface area contributed by atoms with Gasteiger partial charge in [0, 0.05) is 10.1 Å².